The maximum absolute atomic E-state index is 11.1. The molecule has 4 heteroatoms. The van der Waals surface area contributed by atoms with Gasteiger partial charge in [-0.25, -0.2) is 4.79 Å². The molecule has 0 atom stereocenters. The van der Waals surface area contributed by atoms with Crippen LogP contribution in [0.1, 0.15) is 15.9 Å². The Balaban J connectivity index is 3.02. The molecule has 0 amide bonds. The molecule has 0 spiro atoms. The molecule has 78 valence electrons. The van der Waals surface area contributed by atoms with Gasteiger partial charge in [0, 0.05) is 0 Å². The molecule has 0 aromatic heterocycles. The molecule has 0 radical (unpaired) electrons. The number of aldehydes is 1. The van der Waals surface area contributed by atoms with Gasteiger partial charge in [0.2, 0.25) is 0 Å². The highest BCUT2D eigenvalue weighted by Gasteiger charge is 2.10. The third-order valence-corrected chi connectivity index (χ3v) is 1.79. The highest BCUT2D eigenvalue weighted by molar-refractivity contribution is 5.92. The Kier molecular flexibility index (Phi) is 3.62. The minimum absolute atomic E-state index is 0.0979. The Morgan fingerprint density at radius 1 is 1.47 bits per heavy atom. The van der Waals surface area contributed by atoms with E-state index in [2.05, 4.69) is 4.74 Å². The number of allylic oxidation sites excluding steroid dienone is 1. The van der Waals surface area contributed by atoms with Crippen molar-refractivity contribution in [3.63, 3.8) is 0 Å². The van der Waals surface area contributed by atoms with E-state index in [4.69, 9.17) is 0 Å². The topological polar surface area (TPSA) is 63.6 Å². The second kappa shape index (κ2) is 4.95. The zero-order chi connectivity index (χ0) is 11.3. The van der Waals surface area contributed by atoms with E-state index < -0.39 is 5.97 Å². The van der Waals surface area contributed by atoms with Gasteiger partial charge >= 0.3 is 5.97 Å². The van der Waals surface area contributed by atoms with Crippen LogP contribution in [0.15, 0.2) is 24.3 Å². The highest BCUT2D eigenvalue weighted by Crippen LogP contribution is 2.20. The van der Waals surface area contributed by atoms with E-state index in [0.717, 1.165) is 0 Å². The van der Waals surface area contributed by atoms with E-state index in [1.54, 1.807) is 6.07 Å². The van der Waals surface area contributed by atoms with Crippen molar-refractivity contribution >= 4 is 18.3 Å². The van der Waals surface area contributed by atoms with E-state index >= 15 is 0 Å². The molecule has 0 aliphatic heterocycles. The summed E-state index contributed by atoms with van der Waals surface area (Å²) in [4.78, 5) is 21.2. The number of phenols is 1. The first-order valence-corrected chi connectivity index (χ1v) is 4.22. The van der Waals surface area contributed by atoms with Crippen molar-refractivity contribution in [3.05, 3.63) is 35.4 Å². The Bertz CT molecular complexity index is 407. The summed E-state index contributed by atoms with van der Waals surface area (Å²) in [5.74, 6) is -0.770. The fourth-order valence-electron chi connectivity index (χ4n) is 1.09. The molecule has 1 rings (SSSR count). The lowest BCUT2D eigenvalue weighted by molar-refractivity contribution is -0.104. The molecule has 0 aliphatic rings. The lowest BCUT2D eigenvalue weighted by Gasteiger charge is -2.02. The van der Waals surface area contributed by atoms with Crippen molar-refractivity contribution in [2.24, 2.45) is 0 Å². The van der Waals surface area contributed by atoms with Crippen LogP contribution < -0.4 is 0 Å². The average molecular weight is 206 g/mol. The van der Waals surface area contributed by atoms with Crippen molar-refractivity contribution in [1.82, 2.24) is 0 Å². The number of carbonyl (C=O) groups excluding carboxylic acids is 2. The fraction of sp³-hybridized carbons (Fsp3) is 0.0909. The molecule has 0 heterocycles. The van der Waals surface area contributed by atoms with Gasteiger partial charge < -0.3 is 9.84 Å². The summed E-state index contributed by atoms with van der Waals surface area (Å²) in [5.41, 5.74) is 0.730. The first kappa shape index (κ1) is 11.0. The van der Waals surface area contributed by atoms with Crippen LogP contribution in [0.4, 0.5) is 0 Å². The second-order valence-electron chi connectivity index (χ2n) is 2.76. The second-order valence-corrected chi connectivity index (χ2v) is 2.76. The van der Waals surface area contributed by atoms with Crippen LogP contribution in [0.5, 0.6) is 5.75 Å². The lowest BCUT2D eigenvalue weighted by Crippen LogP contribution is -2.01. The SMILES string of the molecule is COC(=O)c1ccc(C=CC=O)cc1O. The molecule has 0 saturated heterocycles. The van der Waals surface area contributed by atoms with Gasteiger partial charge in [-0.05, 0) is 23.8 Å². The van der Waals surface area contributed by atoms with E-state index in [-0.39, 0.29) is 11.3 Å². The zero-order valence-corrected chi connectivity index (χ0v) is 8.14. The van der Waals surface area contributed by atoms with E-state index in [1.807, 2.05) is 0 Å². The first-order chi connectivity index (χ1) is 7.19. The molecule has 0 aliphatic carbocycles. The summed E-state index contributed by atoms with van der Waals surface area (Å²) in [5, 5.41) is 9.47. The van der Waals surface area contributed by atoms with Gasteiger partial charge in [-0.1, -0.05) is 12.1 Å². The molecule has 15 heavy (non-hydrogen) atoms. The highest BCUT2D eigenvalue weighted by atomic mass is 16.5. The van der Waals surface area contributed by atoms with Gasteiger partial charge in [-0.15, -0.1) is 0 Å². The van der Waals surface area contributed by atoms with Crippen LogP contribution in [0.2, 0.25) is 0 Å². The molecule has 1 aromatic carbocycles. The summed E-state index contributed by atoms with van der Waals surface area (Å²) in [6.07, 6.45) is 3.45. The summed E-state index contributed by atoms with van der Waals surface area (Å²) < 4.78 is 4.46. The van der Waals surface area contributed by atoms with Crippen molar-refractivity contribution in [1.29, 1.82) is 0 Å². The minimum atomic E-state index is -0.599. The number of hydrogen-bond acceptors (Lipinski definition) is 4. The van der Waals surface area contributed by atoms with Crippen LogP contribution in [0, 0.1) is 0 Å². The Morgan fingerprint density at radius 2 is 2.20 bits per heavy atom. The number of rotatable bonds is 3. The zero-order valence-electron chi connectivity index (χ0n) is 8.14. The van der Waals surface area contributed by atoms with Crippen LogP contribution in [0.25, 0.3) is 6.08 Å². The number of ether oxygens (including phenoxy) is 1. The number of carbonyl (C=O) groups is 2. The lowest BCUT2D eigenvalue weighted by atomic mass is 10.1. The van der Waals surface area contributed by atoms with Gasteiger partial charge in [0.25, 0.3) is 0 Å². The van der Waals surface area contributed by atoms with E-state index in [1.165, 1.54) is 31.4 Å². The smallest absolute Gasteiger partial charge is 0.341 e. The summed E-state index contributed by atoms with van der Waals surface area (Å²) >= 11 is 0. The van der Waals surface area contributed by atoms with Crippen molar-refractivity contribution in [3.8, 4) is 5.75 Å². The fourth-order valence-corrected chi connectivity index (χ4v) is 1.09. The van der Waals surface area contributed by atoms with E-state index in [9.17, 15) is 14.7 Å². The normalized spacial score (nSPS) is 10.2. The summed E-state index contributed by atoms with van der Waals surface area (Å²) in [7, 11) is 1.24. The van der Waals surface area contributed by atoms with Crippen LogP contribution in [-0.2, 0) is 9.53 Å². The Hall–Kier alpha value is -2.10. The number of aromatic hydroxyl groups is 1. The molecule has 0 saturated carbocycles. The van der Waals surface area contributed by atoms with Gasteiger partial charge in [0.15, 0.2) is 0 Å². The average Bonchev–Trinajstić information content (AvgIpc) is 2.25. The standard InChI is InChI=1S/C11H10O4/c1-15-11(14)9-5-4-8(3-2-6-12)7-10(9)13/h2-7,13H,1H3. The predicted octanol–water partition coefficient (Wildman–Crippen LogP) is 1.39. The molecule has 1 N–H and O–H groups in total. The summed E-state index contributed by atoms with van der Waals surface area (Å²) in [6, 6.07) is 4.42. The largest absolute Gasteiger partial charge is 0.507 e. The van der Waals surface area contributed by atoms with Gasteiger partial charge in [-0.3, -0.25) is 4.79 Å². The molecule has 1 aromatic rings. The summed E-state index contributed by atoms with van der Waals surface area (Å²) in [6.45, 7) is 0. The molecule has 0 fully saturated rings. The molecular formula is C11H10O4. The quantitative estimate of drug-likeness (QED) is 0.461. The monoisotopic (exact) mass is 206 g/mol. The third kappa shape index (κ3) is 2.67. The number of phenolic OH excluding ortho intramolecular Hbond substituents is 1. The van der Waals surface area contributed by atoms with Crippen molar-refractivity contribution in [2.75, 3.05) is 7.11 Å². The Labute approximate surface area is 86.8 Å². The first-order valence-electron chi connectivity index (χ1n) is 4.22. The number of benzene rings is 1. The minimum Gasteiger partial charge on any atom is -0.507 e. The predicted molar refractivity (Wildman–Crippen MR) is 54.5 cm³/mol. The maximum atomic E-state index is 11.1. The third-order valence-electron chi connectivity index (χ3n) is 1.79. The molecule has 0 unspecified atom stereocenters. The van der Waals surface area contributed by atoms with Crippen molar-refractivity contribution in [2.45, 2.75) is 0 Å². The molecule has 0 bridgehead atoms. The maximum Gasteiger partial charge on any atom is 0.341 e. The van der Waals surface area contributed by atoms with Gasteiger partial charge in [0.05, 0.1) is 7.11 Å². The van der Waals surface area contributed by atoms with E-state index in [0.29, 0.717) is 11.8 Å². The van der Waals surface area contributed by atoms with Crippen LogP contribution in [-0.4, -0.2) is 24.5 Å². The number of methoxy groups -OCH3 is 1. The number of hydrogen-bond donors (Lipinski definition) is 1. The van der Waals surface area contributed by atoms with Gasteiger partial charge in [-0.2, -0.15) is 0 Å². The van der Waals surface area contributed by atoms with Gasteiger partial charge in [0.1, 0.15) is 17.6 Å². The number of esters is 1. The molecular weight excluding hydrogens is 196 g/mol. The Morgan fingerprint density at radius 3 is 2.73 bits per heavy atom. The molecule has 4 nitrogen and oxygen atoms in total. The van der Waals surface area contributed by atoms with Crippen molar-refractivity contribution < 1.29 is 19.4 Å². The van der Waals surface area contributed by atoms with Crippen LogP contribution >= 0.6 is 0 Å². The van der Waals surface area contributed by atoms with Crippen LogP contribution in [0.3, 0.4) is 0 Å².